The molecule has 10 heteroatoms. The fourth-order valence-corrected chi connectivity index (χ4v) is 5.96. The maximum absolute atomic E-state index is 13.9. The number of benzene rings is 2. The Morgan fingerprint density at radius 1 is 1.23 bits per heavy atom. The molecule has 7 nitrogen and oxygen atoms in total. The van der Waals surface area contributed by atoms with Crippen molar-refractivity contribution in [3.05, 3.63) is 83.5 Å². The first-order valence-corrected chi connectivity index (χ1v) is 14.6. The maximum atomic E-state index is 13.9. The molecule has 0 spiro atoms. The van der Waals surface area contributed by atoms with E-state index in [0.717, 1.165) is 10.5 Å². The molecule has 1 aliphatic heterocycles. The van der Waals surface area contributed by atoms with Crippen molar-refractivity contribution in [2.24, 2.45) is 4.99 Å². The van der Waals surface area contributed by atoms with Crippen molar-refractivity contribution in [3.8, 4) is 23.8 Å². The van der Waals surface area contributed by atoms with Crippen molar-refractivity contribution in [1.29, 1.82) is 0 Å². The van der Waals surface area contributed by atoms with Crippen LogP contribution in [-0.2, 0) is 9.53 Å². The molecule has 0 saturated heterocycles. The summed E-state index contributed by atoms with van der Waals surface area (Å²) in [4.78, 5) is 33.1. The van der Waals surface area contributed by atoms with Gasteiger partial charge in [0.1, 0.15) is 6.61 Å². The normalized spacial score (nSPS) is 14.9. The molecular formula is C29H27ClN2O5S2. The third kappa shape index (κ3) is 5.93. The van der Waals surface area contributed by atoms with E-state index in [4.69, 9.17) is 32.2 Å². The van der Waals surface area contributed by atoms with Crippen molar-refractivity contribution in [2.75, 3.05) is 26.1 Å². The Balaban J connectivity index is 1.89. The molecule has 0 N–H and O–H groups in total. The molecule has 0 saturated carbocycles. The summed E-state index contributed by atoms with van der Waals surface area (Å²) in [5.41, 5.74) is 1.99. The Bertz CT molecular complexity index is 1650. The summed E-state index contributed by atoms with van der Waals surface area (Å²) in [5, 5.41) is 0.308. The first kappa shape index (κ1) is 28.6. The van der Waals surface area contributed by atoms with Crippen LogP contribution in [0.25, 0.3) is 6.08 Å². The van der Waals surface area contributed by atoms with E-state index in [-0.39, 0.29) is 18.8 Å². The number of ether oxygens (including phenoxy) is 3. The smallest absolute Gasteiger partial charge is 0.338 e. The highest BCUT2D eigenvalue weighted by Gasteiger charge is 2.33. The number of esters is 1. The lowest BCUT2D eigenvalue weighted by molar-refractivity contribution is -0.139. The molecule has 0 fully saturated rings. The number of carbonyl (C=O) groups is 1. The minimum Gasteiger partial charge on any atom is -0.490 e. The van der Waals surface area contributed by atoms with Crippen LogP contribution in [-0.4, -0.2) is 36.6 Å². The molecule has 4 rings (SSSR count). The van der Waals surface area contributed by atoms with E-state index < -0.39 is 12.0 Å². The quantitative estimate of drug-likeness (QED) is 0.209. The van der Waals surface area contributed by atoms with E-state index >= 15 is 0 Å². The second kappa shape index (κ2) is 12.6. The molecule has 3 aromatic rings. The Kier molecular flexibility index (Phi) is 9.23. The van der Waals surface area contributed by atoms with Gasteiger partial charge >= 0.3 is 5.97 Å². The lowest BCUT2D eigenvalue weighted by atomic mass is 9.96. The number of fused-ring (bicyclic) bond motifs is 1. The molecule has 2 aromatic carbocycles. The van der Waals surface area contributed by atoms with Gasteiger partial charge in [0.15, 0.2) is 16.3 Å². The van der Waals surface area contributed by atoms with Gasteiger partial charge in [-0.05, 0) is 68.5 Å². The number of rotatable bonds is 9. The molecule has 0 radical (unpaired) electrons. The number of nitrogens with zero attached hydrogens (tertiary/aromatic N) is 2. The van der Waals surface area contributed by atoms with Crippen LogP contribution in [0, 0.1) is 12.3 Å². The summed E-state index contributed by atoms with van der Waals surface area (Å²) in [6, 6.07) is 10.5. The van der Waals surface area contributed by atoms with E-state index in [1.807, 2.05) is 37.4 Å². The van der Waals surface area contributed by atoms with Crippen molar-refractivity contribution < 1.29 is 19.0 Å². The van der Waals surface area contributed by atoms with Crippen LogP contribution < -0.4 is 24.4 Å². The number of carbonyl (C=O) groups excluding carboxylic acids is 1. The van der Waals surface area contributed by atoms with Crippen molar-refractivity contribution in [1.82, 2.24) is 4.57 Å². The van der Waals surface area contributed by atoms with Crippen molar-refractivity contribution >= 4 is 46.7 Å². The molecule has 39 heavy (non-hydrogen) atoms. The molecule has 1 aromatic heterocycles. The van der Waals surface area contributed by atoms with Crippen molar-refractivity contribution in [3.63, 3.8) is 0 Å². The summed E-state index contributed by atoms with van der Waals surface area (Å²) in [7, 11) is 0. The number of aromatic nitrogens is 1. The first-order chi connectivity index (χ1) is 18.8. The summed E-state index contributed by atoms with van der Waals surface area (Å²) >= 11 is 9.34. The summed E-state index contributed by atoms with van der Waals surface area (Å²) in [6.07, 6.45) is 9.04. The monoisotopic (exact) mass is 582 g/mol. The van der Waals surface area contributed by atoms with Crippen LogP contribution in [0.1, 0.15) is 37.9 Å². The second-order valence-electron chi connectivity index (χ2n) is 8.33. The average Bonchev–Trinajstić information content (AvgIpc) is 3.21. The van der Waals surface area contributed by atoms with E-state index in [9.17, 15) is 9.59 Å². The molecule has 1 atom stereocenters. The van der Waals surface area contributed by atoms with Gasteiger partial charge in [-0.2, -0.15) is 0 Å². The Labute approximate surface area is 239 Å². The zero-order chi connectivity index (χ0) is 28.1. The zero-order valence-corrected chi connectivity index (χ0v) is 24.3. The van der Waals surface area contributed by atoms with Gasteiger partial charge < -0.3 is 14.2 Å². The molecule has 0 amide bonds. The number of terminal acetylenes is 1. The fraction of sp³-hybridized carbons (Fsp3) is 0.276. The van der Waals surface area contributed by atoms with Gasteiger partial charge in [0.05, 0.1) is 40.1 Å². The largest absolute Gasteiger partial charge is 0.490 e. The minimum absolute atomic E-state index is 0.0395. The van der Waals surface area contributed by atoms with E-state index in [0.29, 0.717) is 49.3 Å². The van der Waals surface area contributed by atoms with Gasteiger partial charge in [0.25, 0.3) is 5.56 Å². The standard InChI is InChI=1S/C29H27ClN2O5S2/c1-6-13-37-26-21(30)14-18(15-22(26)35-7-2)16-23-27(33)32-25(19-9-11-20(38-5)12-10-19)24(28(34)36-8-3)17(4)31-29(32)39-23/h1,9-12,14-16,25H,7-8,13H2,2-5H3/b23-16-/t25-/m1/s1. The van der Waals surface area contributed by atoms with Gasteiger partial charge in [-0.25, -0.2) is 9.79 Å². The van der Waals surface area contributed by atoms with Crippen LogP contribution in [0.5, 0.6) is 11.5 Å². The number of thiazole rings is 1. The highest BCUT2D eigenvalue weighted by Crippen LogP contribution is 2.37. The number of halogens is 1. The van der Waals surface area contributed by atoms with E-state index in [1.54, 1.807) is 48.4 Å². The summed E-state index contributed by atoms with van der Waals surface area (Å²) < 4.78 is 18.6. The van der Waals surface area contributed by atoms with Gasteiger partial charge in [-0.15, -0.1) is 18.2 Å². The second-order valence-corrected chi connectivity index (χ2v) is 10.6. The molecular weight excluding hydrogens is 556 g/mol. The van der Waals surface area contributed by atoms with Crippen LogP contribution in [0.3, 0.4) is 0 Å². The fourth-order valence-electron chi connectivity index (χ4n) is 4.23. The maximum Gasteiger partial charge on any atom is 0.338 e. The van der Waals surface area contributed by atoms with Crippen LogP contribution in [0.2, 0.25) is 5.02 Å². The molecule has 0 unspecified atom stereocenters. The zero-order valence-electron chi connectivity index (χ0n) is 21.9. The van der Waals surface area contributed by atoms with E-state index in [1.165, 1.54) is 11.3 Å². The SMILES string of the molecule is C#CCOc1c(Cl)cc(/C=c2\sc3n(c2=O)[C@H](c2ccc(SC)cc2)C(C(=O)OCC)=C(C)N=3)cc1OCC. The number of thioether (sulfide) groups is 1. The third-order valence-corrected chi connectivity index (χ3v) is 7.89. The van der Waals surface area contributed by atoms with Gasteiger partial charge in [0, 0.05) is 4.90 Å². The highest BCUT2D eigenvalue weighted by molar-refractivity contribution is 7.98. The molecule has 202 valence electrons. The molecule has 2 heterocycles. The summed E-state index contributed by atoms with van der Waals surface area (Å²) in [5.74, 6) is 2.69. The highest BCUT2D eigenvalue weighted by atomic mass is 35.5. The topological polar surface area (TPSA) is 79.1 Å². The first-order valence-electron chi connectivity index (χ1n) is 12.2. The predicted octanol–water partition coefficient (Wildman–Crippen LogP) is 4.58. The Hall–Kier alpha value is -3.45. The predicted molar refractivity (Wildman–Crippen MR) is 156 cm³/mol. The van der Waals surface area contributed by atoms with Crippen LogP contribution >= 0.6 is 34.7 Å². The van der Waals surface area contributed by atoms with Crippen LogP contribution in [0.15, 0.2) is 62.4 Å². The Morgan fingerprint density at radius 2 is 1.97 bits per heavy atom. The lowest BCUT2D eigenvalue weighted by Crippen LogP contribution is -2.39. The van der Waals surface area contributed by atoms with Gasteiger partial charge in [-0.3, -0.25) is 9.36 Å². The molecule has 0 aliphatic carbocycles. The van der Waals surface area contributed by atoms with Gasteiger partial charge in [0.2, 0.25) is 0 Å². The van der Waals surface area contributed by atoms with Crippen molar-refractivity contribution in [2.45, 2.75) is 31.7 Å². The average molecular weight is 583 g/mol. The summed E-state index contributed by atoms with van der Waals surface area (Å²) in [6.45, 7) is 5.99. The Morgan fingerprint density at radius 3 is 2.62 bits per heavy atom. The van der Waals surface area contributed by atoms with E-state index in [2.05, 4.69) is 10.9 Å². The number of hydrogen-bond donors (Lipinski definition) is 0. The minimum atomic E-state index is -0.680. The third-order valence-electron chi connectivity index (χ3n) is 5.88. The number of hydrogen-bond acceptors (Lipinski definition) is 8. The van der Waals surface area contributed by atoms with Gasteiger partial charge in [-0.1, -0.05) is 41.0 Å². The lowest BCUT2D eigenvalue weighted by Gasteiger charge is -2.24. The molecule has 0 bridgehead atoms. The number of allylic oxidation sites excluding steroid dienone is 1. The van der Waals surface area contributed by atoms with Crippen LogP contribution in [0.4, 0.5) is 0 Å². The molecule has 1 aliphatic rings.